The average Bonchev–Trinajstić information content (AvgIpc) is 3.09. The summed E-state index contributed by atoms with van der Waals surface area (Å²) in [6, 6.07) is 8.29. The molecular weight excluding hydrogens is 318 g/mol. The van der Waals surface area contributed by atoms with E-state index in [-0.39, 0.29) is 17.9 Å². The van der Waals surface area contributed by atoms with E-state index >= 15 is 0 Å². The van der Waals surface area contributed by atoms with Gasteiger partial charge in [-0.05, 0) is 29.2 Å². The molecule has 6 nitrogen and oxygen atoms in total. The van der Waals surface area contributed by atoms with Crippen LogP contribution in [-0.4, -0.2) is 42.5 Å². The van der Waals surface area contributed by atoms with Gasteiger partial charge >= 0.3 is 0 Å². The van der Waals surface area contributed by atoms with Gasteiger partial charge in [-0.3, -0.25) is 19.9 Å². The maximum absolute atomic E-state index is 11.4. The highest BCUT2D eigenvalue weighted by atomic mass is 16.7. The van der Waals surface area contributed by atoms with Crippen molar-refractivity contribution in [3.63, 3.8) is 0 Å². The number of amides is 2. The lowest BCUT2D eigenvalue weighted by atomic mass is 9.97. The van der Waals surface area contributed by atoms with Crippen LogP contribution in [0.2, 0.25) is 0 Å². The monoisotopic (exact) mass is 341 g/mol. The third-order valence-corrected chi connectivity index (χ3v) is 4.45. The molecule has 1 unspecified atom stereocenters. The predicted octanol–water partition coefficient (Wildman–Crippen LogP) is 1.70. The molecule has 0 spiro atoms. The summed E-state index contributed by atoms with van der Waals surface area (Å²) in [5, 5.41) is 2.74. The summed E-state index contributed by atoms with van der Waals surface area (Å²) >= 11 is 0. The van der Waals surface area contributed by atoms with Gasteiger partial charge in [0.25, 0.3) is 0 Å². The van der Waals surface area contributed by atoms with Crippen LogP contribution < -0.4 is 10.8 Å². The third-order valence-electron chi connectivity index (χ3n) is 4.45. The second kappa shape index (κ2) is 7.53. The molecule has 2 heterocycles. The van der Waals surface area contributed by atoms with E-state index in [0.717, 1.165) is 24.2 Å². The van der Waals surface area contributed by atoms with Gasteiger partial charge in [-0.15, -0.1) is 0 Å². The number of nitrogens with one attached hydrogen (secondary N) is 2. The highest BCUT2D eigenvalue weighted by molar-refractivity contribution is 5.76. The molecule has 1 aromatic rings. The molecule has 25 heavy (non-hydrogen) atoms. The maximum Gasteiger partial charge on any atom is 0.219 e. The van der Waals surface area contributed by atoms with Crippen molar-refractivity contribution in [1.82, 2.24) is 15.7 Å². The van der Waals surface area contributed by atoms with Crippen LogP contribution in [0.1, 0.15) is 31.4 Å². The molecule has 1 atom stereocenters. The summed E-state index contributed by atoms with van der Waals surface area (Å²) in [6.07, 6.45) is 4.80. The average molecular weight is 341 g/mol. The Labute approximate surface area is 147 Å². The van der Waals surface area contributed by atoms with Crippen LogP contribution in [0.4, 0.5) is 0 Å². The van der Waals surface area contributed by atoms with Crippen LogP contribution in [0.3, 0.4) is 0 Å². The summed E-state index contributed by atoms with van der Waals surface area (Å²) in [5.74, 6) is 0.0533. The minimum Gasteiger partial charge on any atom is -0.353 e. The van der Waals surface area contributed by atoms with E-state index in [4.69, 9.17) is 4.84 Å². The Hall–Kier alpha value is -2.60. The number of rotatable bonds is 4. The van der Waals surface area contributed by atoms with Gasteiger partial charge in [0.05, 0.1) is 12.2 Å². The molecule has 2 amide bonds. The molecule has 0 saturated carbocycles. The van der Waals surface area contributed by atoms with E-state index in [0.29, 0.717) is 13.1 Å². The van der Waals surface area contributed by atoms with Crippen LogP contribution >= 0.6 is 0 Å². The molecule has 2 N–H and O–H groups in total. The molecule has 0 fully saturated rings. The van der Waals surface area contributed by atoms with Crippen LogP contribution in [0.15, 0.2) is 36.4 Å². The Kier molecular flexibility index (Phi) is 5.19. The van der Waals surface area contributed by atoms with Crippen molar-refractivity contribution in [1.29, 1.82) is 0 Å². The van der Waals surface area contributed by atoms with E-state index in [9.17, 15) is 9.59 Å². The Morgan fingerprint density at radius 2 is 1.96 bits per heavy atom. The Morgan fingerprint density at radius 3 is 2.56 bits per heavy atom. The highest BCUT2D eigenvalue weighted by Crippen LogP contribution is 2.25. The topological polar surface area (TPSA) is 70.7 Å². The van der Waals surface area contributed by atoms with Crippen LogP contribution in [0, 0.1) is 0 Å². The summed E-state index contributed by atoms with van der Waals surface area (Å²) in [5.41, 5.74) is 7.31. The summed E-state index contributed by atoms with van der Waals surface area (Å²) in [7, 11) is 0. The molecule has 2 aliphatic heterocycles. The van der Waals surface area contributed by atoms with Gasteiger partial charge in [0.1, 0.15) is 6.10 Å². The number of nitrogens with zero attached hydrogens (tertiary/aromatic N) is 1. The molecular formula is C19H23N3O3. The van der Waals surface area contributed by atoms with Crippen LogP contribution in [-0.2, 0) is 14.4 Å². The first-order valence-corrected chi connectivity index (χ1v) is 8.46. The number of carbonyl (C=O) groups excluding carboxylic acids is 2. The van der Waals surface area contributed by atoms with Gasteiger partial charge < -0.3 is 10.2 Å². The lowest BCUT2D eigenvalue weighted by Gasteiger charge is -2.25. The molecule has 3 rings (SSSR count). The Balaban J connectivity index is 1.64. The fourth-order valence-electron chi connectivity index (χ4n) is 2.97. The van der Waals surface area contributed by atoms with Crippen molar-refractivity contribution in [3.8, 4) is 0 Å². The predicted molar refractivity (Wildman–Crippen MR) is 96.0 cm³/mol. The lowest BCUT2D eigenvalue weighted by molar-refractivity contribution is -0.128. The number of carbonyl (C=O) groups is 2. The van der Waals surface area contributed by atoms with E-state index in [2.05, 4.69) is 41.1 Å². The maximum atomic E-state index is 11.4. The molecule has 6 heteroatoms. The second-order valence-corrected chi connectivity index (χ2v) is 6.30. The number of hydrogen-bond donors (Lipinski definition) is 2. The lowest BCUT2D eigenvalue weighted by Crippen LogP contribution is -2.32. The van der Waals surface area contributed by atoms with Gasteiger partial charge in [0, 0.05) is 26.9 Å². The molecule has 0 saturated heterocycles. The van der Waals surface area contributed by atoms with Crippen molar-refractivity contribution in [2.75, 3.05) is 19.6 Å². The molecule has 1 aromatic carbocycles. The first kappa shape index (κ1) is 17.2. The molecule has 0 radical (unpaired) electrons. The van der Waals surface area contributed by atoms with Crippen molar-refractivity contribution in [3.05, 3.63) is 47.5 Å². The molecule has 2 aliphatic rings. The number of hydroxylamine groups is 1. The zero-order valence-electron chi connectivity index (χ0n) is 14.5. The quantitative estimate of drug-likeness (QED) is 0.875. The van der Waals surface area contributed by atoms with E-state index in [1.807, 2.05) is 11.0 Å². The first-order chi connectivity index (χ1) is 12.0. The zero-order valence-corrected chi connectivity index (χ0v) is 14.5. The van der Waals surface area contributed by atoms with Crippen LogP contribution in [0.25, 0.3) is 11.3 Å². The number of hydrogen-bond acceptors (Lipinski definition) is 4. The zero-order chi connectivity index (χ0) is 17.8. The molecule has 0 aromatic heterocycles. The van der Waals surface area contributed by atoms with Crippen molar-refractivity contribution in [2.45, 2.75) is 26.4 Å². The smallest absolute Gasteiger partial charge is 0.219 e. The third kappa shape index (κ3) is 4.28. The highest BCUT2D eigenvalue weighted by Gasteiger charge is 2.18. The van der Waals surface area contributed by atoms with Crippen molar-refractivity contribution >= 4 is 23.1 Å². The SMILES string of the molecule is CC(=O)NCC1C=C(c2ccc(C3=CCN(C(C)=O)CC3)cc2)NO1. The van der Waals surface area contributed by atoms with Crippen molar-refractivity contribution in [2.24, 2.45) is 0 Å². The van der Waals surface area contributed by atoms with Gasteiger partial charge in [-0.2, -0.15) is 0 Å². The van der Waals surface area contributed by atoms with E-state index in [1.165, 1.54) is 18.1 Å². The van der Waals surface area contributed by atoms with Gasteiger partial charge in [-0.25, -0.2) is 0 Å². The molecule has 132 valence electrons. The van der Waals surface area contributed by atoms with E-state index in [1.54, 1.807) is 6.92 Å². The summed E-state index contributed by atoms with van der Waals surface area (Å²) in [6.45, 7) is 4.99. The largest absolute Gasteiger partial charge is 0.353 e. The van der Waals surface area contributed by atoms with Gasteiger partial charge in [0.2, 0.25) is 11.8 Å². The van der Waals surface area contributed by atoms with Crippen LogP contribution in [0.5, 0.6) is 0 Å². The number of benzene rings is 1. The Bertz CT molecular complexity index is 722. The second-order valence-electron chi connectivity index (χ2n) is 6.30. The molecule has 0 aliphatic carbocycles. The minimum absolute atomic E-state index is 0.0705. The minimum atomic E-state index is -0.169. The standard InChI is InChI=1S/C19H23N3O3/c1-13(23)20-12-18-11-19(21-25-18)17-5-3-15(4-6-17)16-7-9-22(10-8-16)14(2)24/h3-7,11,18,21H,8-10,12H2,1-2H3,(H,20,23). The fourth-order valence-corrected chi connectivity index (χ4v) is 2.97. The van der Waals surface area contributed by atoms with E-state index < -0.39 is 0 Å². The first-order valence-electron chi connectivity index (χ1n) is 8.46. The summed E-state index contributed by atoms with van der Waals surface area (Å²) in [4.78, 5) is 29.6. The molecule has 0 bridgehead atoms. The van der Waals surface area contributed by atoms with Crippen molar-refractivity contribution < 1.29 is 14.4 Å². The summed E-state index contributed by atoms with van der Waals surface area (Å²) < 4.78 is 0. The fraction of sp³-hybridized carbons (Fsp3) is 0.368. The van der Waals surface area contributed by atoms with Gasteiger partial charge in [-0.1, -0.05) is 30.3 Å². The Morgan fingerprint density at radius 1 is 1.24 bits per heavy atom. The van der Waals surface area contributed by atoms with Gasteiger partial charge in [0.15, 0.2) is 0 Å². The normalized spacial score (nSPS) is 19.8.